The summed E-state index contributed by atoms with van der Waals surface area (Å²) < 4.78 is 0. The first-order valence-electron chi connectivity index (χ1n) is 8.54. The summed E-state index contributed by atoms with van der Waals surface area (Å²) in [5.41, 5.74) is 3.80. The molecule has 3 heteroatoms. The van der Waals surface area contributed by atoms with Crippen molar-refractivity contribution >= 4 is 5.91 Å². The van der Waals surface area contributed by atoms with Crippen LogP contribution in [-0.4, -0.2) is 30.9 Å². The van der Waals surface area contributed by atoms with E-state index in [4.69, 9.17) is 0 Å². The van der Waals surface area contributed by atoms with Crippen molar-refractivity contribution in [3.63, 3.8) is 0 Å². The predicted molar refractivity (Wildman–Crippen MR) is 91.9 cm³/mol. The Kier molecular flexibility index (Phi) is 6.01. The molecule has 22 heavy (non-hydrogen) atoms. The number of hydrogen-bond donors (Lipinski definition) is 1. The van der Waals surface area contributed by atoms with E-state index in [0.717, 1.165) is 32.4 Å². The first-order valence-corrected chi connectivity index (χ1v) is 8.54. The molecule has 1 atom stereocenters. The Bertz CT molecular complexity index is 504. The van der Waals surface area contributed by atoms with Crippen molar-refractivity contribution in [1.29, 1.82) is 0 Å². The second kappa shape index (κ2) is 7.77. The molecule has 1 saturated heterocycles. The van der Waals surface area contributed by atoms with E-state index in [-0.39, 0.29) is 11.9 Å². The Hall–Kier alpha value is -1.35. The second-order valence-electron chi connectivity index (χ2n) is 6.84. The number of amides is 1. The molecule has 1 unspecified atom stereocenters. The maximum Gasteiger partial charge on any atom is 0.220 e. The summed E-state index contributed by atoms with van der Waals surface area (Å²) in [4.78, 5) is 14.7. The third-order valence-electron chi connectivity index (χ3n) is 4.86. The molecule has 3 nitrogen and oxygen atoms in total. The molecule has 122 valence electrons. The minimum atomic E-state index is 0.138. The first-order chi connectivity index (χ1) is 10.5. The van der Waals surface area contributed by atoms with Gasteiger partial charge in [-0.25, -0.2) is 0 Å². The minimum absolute atomic E-state index is 0.138. The average molecular weight is 302 g/mol. The first kappa shape index (κ1) is 17.0. The van der Waals surface area contributed by atoms with Crippen LogP contribution in [0.1, 0.15) is 55.3 Å². The zero-order valence-electron chi connectivity index (χ0n) is 14.5. The van der Waals surface area contributed by atoms with E-state index in [1.807, 2.05) is 0 Å². The second-order valence-corrected chi connectivity index (χ2v) is 6.84. The van der Waals surface area contributed by atoms with Crippen molar-refractivity contribution in [2.75, 3.05) is 20.1 Å². The summed E-state index contributed by atoms with van der Waals surface area (Å²) in [7, 11) is 2.16. The van der Waals surface area contributed by atoms with E-state index in [9.17, 15) is 4.79 Å². The van der Waals surface area contributed by atoms with Gasteiger partial charge in [0, 0.05) is 6.42 Å². The SMILES string of the molecule is CCC(NC(=O)CC1CCN(C)CC1)c1ccc(C)cc1C. The summed E-state index contributed by atoms with van der Waals surface area (Å²) in [6.45, 7) is 8.61. The van der Waals surface area contributed by atoms with Crippen LogP contribution in [0.5, 0.6) is 0 Å². The standard InChI is InChI=1S/C19H30N2O/c1-5-18(17-7-6-14(2)12-15(17)3)20-19(22)13-16-8-10-21(4)11-9-16/h6-7,12,16,18H,5,8-11,13H2,1-4H3,(H,20,22). The van der Waals surface area contributed by atoms with Crippen molar-refractivity contribution in [1.82, 2.24) is 10.2 Å². The molecule has 1 heterocycles. The van der Waals surface area contributed by atoms with Crippen LogP contribution >= 0.6 is 0 Å². The number of carbonyl (C=O) groups is 1. The Labute approximate surface area is 135 Å². The molecule has 2 rings (SSSR count). The molecule has 0 aliphatic carbocycles. The van der Waals surface area contributed by atoms with Gasteiger partial charge in [0.1, 0.15) is 0 Å². The van der Waals surface area contributed by atoms with Gasteiger partial charge in [0.15, 0.2) is 0 Å². The molecule has 1 aromatic rings. The van der Waals surface area contributed by atoms with Gasteiger partial charge in [-0.2, -0.15) is 0 Å². The van der Waals surface area contributed by atoms with Crippen LogP contribution < -0.4 is 5.32 Å². The number of rotatable bonds is 5. The lowest BCUT2D eigenvalue weighted by atomic mass is 9.92. The van der Waals surface area contributed by atoms with Crippen molar-refractivity contribution in [2.45, 2.75) is 52.5 Å². The third kappa shape index (κ3) is 4.57. The van der Waals surface area contributed by atoms with E-state index >= 15 is 0 Å². The van der Waals surface area contributed by atoms with Crippen molar-refractivity contribution in [3.8, 4) is 0 Å². The van der Waals surface area contributed by atoms with E-state index < -0.39 is 0 Å². The largest absolute Gasteiger partial charge is 0.349 e. The monoisotopic (exact) mass is 302 g/mol. The van der Waals surface area contributed by atoms with Crippen molar-refractivity contribution in [3.05, 3.63) is 34.9 Å². The molecule has 1 aromatic carbocycles. The molecule has 1 amide bonds. The zero-order chi connectivity index (χ0) is 16.1. The fraction of sp³-hybridized carbons (Fsp3) is 0.632. The van der Waals surface area contributed by atoms with Crippen LogP contribution in [0.15, 0.2) is 18.2 Å². The topological polar surface area (TPSA) is 32.3 Å². The van der Waals surface area contributed by atoms with Gasteiger partial charge in [0.2, 0.25) is 5.91 Å². The highest BCUT2D eigenvalue weighted by Gasteiger charge is 2.21. The molecule has 0 aromatic heterocycles. The third-order valence-corrected chi connectivity index (χ3v) is 4.86. The summed E-state index contributed by atoms with van der Waals surface area (Å²) in [5.74, 6) is 0.759. The number of piperidine rings is 1. The van der Waals surface area contributed by atoms with Gasteiger partial charge in [0.25, 0.3) is 0 Å². The highest BCUT2D eigenvalue weighted by atomic mass is 16.1. The molecule has 1 aliphatic rings. The van der Waals surface area contributed by atoms with Crippen LogP contribution in [0, 0.1) is 19.8 Å². The number of nitrogens with one attached hydrogen (secondary N) is 1. The highest BCUT2D eigenvalue weighted by Crippen LogP contribution is 2.23. The molecule has 0 spiro atoms. The molecule has 0 radical (unpaired) electrons. The van der Waals surface area contributed by atoms with Crippen molar-refractivity contribution < 1.29 is 4.79 Å². The Morgan fingerprint density at radius 1 is 1.32 bits per heavy atom. The van der Waals surface area contributed by atoms with Gasteiger partial charge in [-0.3, -0.25) is 4.79 Å². The maximum atomic E-state index is 12.4. The van der Waals surface area contributed by atoms with Crippen LogP contribution in [0.4, 0.5) is 0 Å². The fourth-order valence-corrected chi connectivity index (χ4v) is 3.40. The van der Waals surface area contributed by atoms with Gasteiger partial charge < -0.3 is 10.2 Å². The Morgan fingerprint density at radius 3 is 2.59 bits per heavy atom. The van der Waals surface area contributed by atoms with E-state index in [2.05, 4.69) is 56.2 Å². The minimum Gasteiger partial charge on any atom is -0.349 e. The summed E-state index contributed by atoms with van der Waals surface area (Å²) in [6.07, 6.45) is 3.90. The van der Waals surface area contributed by atoms with E-state index in [0.29, 0.717) is 12.3 Å². The molecule has 0 saturated carbocycles. The number of aryl methyl sites for hydroxylation is 2. The van der Waals surface area contributed by atoms with Crippen molar-refractivity contribution in [2.24, 2.45) is 5.92 Å². The van der Waals surface area contributed by atoms with Gasteiger partial charge >= 0.3 is 0 Å². The maximum absolute atomic E-state index is 12.4. The van der Waals surface area contributed by atoms with E-state index in [1.54, 1.807) is 0 Å². The van der Waals surface area contributed by atoms with Crippen LogP contribution in [0.3, 0.4) is 0 Å². The lowest BCUT2D eigenvalue weighted by molar-refractivity contribution is -0.123. The zero-order valence-corrected chi connectivity index (χ0v) is 14.5. The molecule has 1 aliphatic heterocycles. The lowest BCUT2D eigenvalue weighted by Crippen LogP contribution is -2.34. The molecule has 0 bridgehead atoms. The van der Waals surface area contributed by atoms with Crippen LogP contribution in [-0.2, 0) is 4.79 Å². The van der Waals surface area contributed by atoms with E-state index in [1.165, 1.54) is 16.7 Å². The van der Waals surface area contributed by atoms with Crippen LogP contribution in [0.25, 0.3) is 0 Å². The smallest absolute Gasteiger partial charge is 0.220 e. The van der Waals surface area contributed by atoms with Gasteiger partial charge in [0.05, 0.1) is 6.04 Å². The molecule has 1 N–H and O–H groups in total. The Morgan fingerprint density at radius 2 is 2.00 bits per heavy atom. The number of hydrogen-bond acceptors (Lipinski definition) is 2. The summed E-state index contributed by atoms with van der Waals surface area (Å²) in [6, 6.07) is 6.63. The van der Waals surface area contributed by atoms with Crippen LogP contribution in [0.2, 0.25) is 0 Å². The van der Waals surface area contributed by atoms with Gasteiger partial charge in [-0.05, 0) is 70.3 Å². The lowest BCUT2D eigenvalue weighted by Gasteiger charge is -2.29. The van der Waals surface area contributed by atoms with Gasteiger partial charge in [-0.15, -0.1) is 0 Å². The quantitative estimate of drug-likeness (QED) is 0.901. The number of nitrogens with zero attached hydrogens (tertiary/aromatic N) is 1. The predicted octanol–water partition coefficient (Wildman–Crippen LogP) is 3.60. The summed E-state index contributed by atoms with van der Waals surface area (Å²) >= 11 is 0. The fourth-order valence-electron chi connectivity index (χ4n) is 3.40. The normalized spacial score (nSPS) is 18.2. The Balaban J connectivity index is 1.93. The average Bonchev–Trinajstić information content (AvgIpc) is 2.48. The molecule has 1 fully saturated rings. The number of likely N-dealkylation sites (tertiary alicyclic amines) is 1. The van der Waals surface area contributed by atoms with Gasteiger partial charge in [-0.1, -0.05) is 30.7 Å². The summed E-state index contributed by atoms with van der Waals surface area (Å²) in [5, 5.41) is 3.25. The molecular formula is C19H30N2O. The highest BCUT2D eigenvalue weighted by molar-refractivity contribution is 5.76. The number of benzene rings is 1. The molecular weight excluding hydrogens is 272 g/mol. The number of carbonyl (C=O) groups excluding carboxylic acids is 1.